The normalized spacial score (nSPS) is 11.4. The van der Waals surface area contributed by atoms with Crippen molar-refractivity contribution in [1.29, 1.82) is 0 Å². The second kappa shape index (κ2) is 6.83. The van der Waals surface area contributed by atoms with E-state index in [2.05, 4.69) is 4.98 Å². The van der Waals surface area contributed by atoms with Gasteiger partial charge in [0.15, 0.2) is 0 Å². The van der Waals surface area contributed by atoms with Crippen molar-refractivity contribution < 1.29 is 13.2 Å². The first-order chi connectivity index (χ1) is 9.88. The Labute approximate surface area is 137 Å². The number of halogens is 3. The van der Waals surface area contributed by atoms with Gasteiger partial charge in [-0.3, -0.25) is 4.98 Å². The van der Waals surface area contributed by atoms with Crippen molar-refractivity contribution >= 4 is 42.9 Å². The van der Waals surface area contributed by atoms with Crippen LogP contribution in [-0.4, -0.2) is 20.0 Å². The van der Waals surface area contributed by atoms with E-state index in [0.717, 1.165) is 5.56 Å². The first-order valence-electron chi connectivity index (χ1n) is 5.83. The van der Waals surface area contributed by atoms with Gasteiger partial charge < -0.3 is 4.74 Å². The van der Waals surface area contributed by atoms with E-state index in [4.69, 9.17) is 38.6 Å². The van der Waals surface area contributed by atoms with E-state index in [0.29, 0.717) is 18.8 Å². The molecule has 0 atom stereocenters. The lowest BCUT2D eigenvalue weighted by Gasteiger charge is -2.10. The van der Waals surface area contributed by atoms with Crippen LogP contribution in [-0.2, 0) is 15.5 Å². The minimum absolute atomic E-state index is 0.0363. The summed E-state index contributed by atoms with van der Waals surface area (Å²) in [6.07, 6.45) is 4.06. The van der Waals surface area contributed by atoms with Crippen molar-refractivity contribution in [2.24, 2.45) is 0 Å². The lowest BCUT2D eigenvalue weighted by molar-refractivity contribution is 0.322. The van der Waals surface area contributed by atoms with Crippen LogP contribution in [0.2, 0.25) is 10.0 Å². The number of benzene rings is 1. The molecular formula is C13H10Cl3NO3S. The van der Waals surface area contributed by atoms with E-state index in [-0.39, 0.29) is 14.9 Å². The molecule has 0 saturated carbocycles. The Morgan fingerprint density at radius 2 is 1.95 bits per heavy atom. The standard InChI is InChI=1S/C13H10Cl3NO3S/c14-10-7-13(21(16,18)19)11(15)6-12(10)20-5-3-9-2-1-4-17-8-9/h1-2,4,6-8H,3,5H2. The molecule has 0 saturated heterocycles. The van der Waals surface area contributed by atoms with Gasteiger partial charge in [-0.15, -0.1) is 0 Å². The van der Waals surface area contributed by atoms with Crippen LogP contribution in [0.3, 0.4) is 0 Å². The van der Waals surface area contributed by atoms with Crippen molar-refractivity contribution in [2.45, 2.75) is 11.3 Å². The van der Waals surface area contributed by atoms with Gasteiger partial charge in [-0.1, -0.05) is 29.3 Å². The third-order valence-corrected chi connectivity index (χ3v) is 4.70. The Hall–Kier alpha value is -1.01. The number of nitrogens with zero attached hydrogens (tertiary/aromatic N) is 1. The lowest BCUT2D eigenvalue weighted by Crippen LogP contribution is -2.03. The number of rotatable bonds is 5. The second-order valence-corrected chi connectivity index (χ2v) is 7.46. The zero-order valence-electron chi connectivity index (χ0n) is 10.6. The summed E-state index contributed by atoms with van der Waals surface area (Å²) < 4.78 is 28.1. The van der Waals surface area contributed by atoms with E-state index in [1.165, 1.54) is 12.1 Å². The van der Waals surface area contributed by atoms with Gasteiger partial charge in [0, 0.05) is 35.6 Å². The van der Waals surface area contributed by atoms with Gasteiger partial charge in [-0.25, -0.2) is 8.42 Å². The molecule has 0 radical (unpaired) electrons. The Balaban J connectivity index is 2.09. The zero-order valence-corrected chi connectivity index (χ0v) is 13.7. The number of aromatic nitrogens is 1. The average molecular weight is 367 g/mol. The zero-order chi connectivity index (χ0) is 15.5. The van der Waals surface area contributed by atoms with Crippen molar-refractivity contribution in [3.05, 3.63) is 52.3 Å². The highest BCUT2D eigenvalue weighted by Gasteiger charge is 2.18. The SMILES string of the molecule is O=S(=O)(Cl)c1cc(Cl)c(OCCc2cccnc2)cc1Cl. The molecule has 1 heterocycles. The van der Waals surface area contributed by atoms with Crippen LogP contribution in [0.25, 0.3) is 0 Å². The lowest BCUT2D eigenvalue weighted by atomic mass is 10.2. The largest absolute Gasteiger partial charge is 0.492 e. The molecule has 112 valence electrons. The minimum atomic E-state index is -3.94. The van der Waals surface area contributed by atoms with Crippen LogP contribution in [0, 0.1) is 0 Å². The van der Waals surface area contributed by atoms with Gasteiger partial charge in [0.25, 0.3) is 9.05 Å². The van der Waals surface area contributed by atoms with Gasteiger partial charge in [0.05, 0.1) is 16.7 Å². The van der Waals surface area contributed by atoms with Crippen LogP contribution in [0.15, 0.2) is 41.6 Å². The molecule has 0 aliphatic carbocycles. The fourth-order valence-electron chi connectivity index (χ4n) is 1.63. The molecule has 0 aliphatic heterocycles. The first-order valence-corrected chi connectivity index (χ1v) is 8.90. The van der Waals surface area contributed by atoms with E-state index in [1.54, 1.807) is 12.4 Å². The van der Waals surface area contributed by atoms with Crippen LogP contribution in [0.4, 0.5) is 0 Å². The molecule has 0 bridgehead atoms. The second-order valence-electron chi connectivity index (χ2n) is 4.11. The van der Waals surface area contributed by atoms with Crippen molar-refractivity contribution in [1.82, 2.24) is 4.98 Å². The molecule has 2 aromatic rings. The molecular weight excluding hydrogens is 357 g/mol. The Morgan fingerprint density at radius 1 is 1.19 bits per heavy atom. The maximum absolute atomic E-state index is 11.3. The van der Waals surface area contributed by atoms with E-state index in [1.807, 2.05) is 12.1 Å². The smallest absolute Gasteiger partial charge is 0.262 e. The maximum atomic E-state index is 11.3. The summed E-state index contributed by atoms with van der Waals surface area (Å²) in [4.78, 5) is 3.76. The van der Waals surface area contributed by atoms with Gasteiger partial charge >= 0.3 is 0 Å². The molecule has 0 unspecified atom stereocenters. The fourth-order valence-corrected chi connectivity index (χ4v) is 3.43. The predicted octanol–water partition coefficient (Wildman–Crippen LogP) is 3.94. The molecule has 2 rings (SSSR count). The molecule has 0 fully saturated rings. The van der Waals surface area contributed by atoms with Gasteiger partial charge in [0.2, 0.25) is 0 Å². The highest BCUT2D eigenvalue weighted by molar-refractivity contribution is 8.13. The molecule has 0 spiro atoms. The molecule has 21 heavy (non-hydrogen) atoms. The molecule has 0 aliphatic rings. The van der Waals surface area contributed by atoms with Crippen LogP contribution >= 0.6 is 33.9 Å². The predicted molar refractivity (Wildman–Crippen MR) is 82.9 cm³/mol. The number of ether oxygens (including phenoxy) is 1. The molecule has 0 N–H and O–H groups in total. The van der Waals surface area contributed by atoms with Crippen molar-refractivity contribution in [2.75, 3.05) is 6.61 Å². The van der Waals surface area contributed by atoms with E-state index >= 15 is 0 Å². The number of pyridine rings is 1. The fraction of sp³-hybridized carbons (Fsp3) is 0.154. The van der Waals surface area contributed by atoms with Gasteiger partial charge in [-0.2, -0.15) is 0 Å². The summed E-state index contributed by atoms with van der Waals surface area (Å²) in [5.41, 5.74) is 1.01. The monoisotopic (exact) mass is 365 g/mol. The molecule has 1 aromatic heterocycles. The van der Waals surface area contributed by atoms with Crippen molar-refractivity contribution in [3.8, 4) is 5.75 Å². The number of hydrogen-bond donors (Lipinski definition) is 0. The number of hydrogen-bond acceptors (Lipinski definition) is 4. The third-order valence-electron chi connectivity index (χ3n) is 2.62. The summed E-state index contributed by atoms with van der Waals surface area (Å²) in [6.45, 7) is 0.356. The molecule has 4 nitrogen and oxygen atoms in total. The van der Waals surface area contributed by atoms with Crippen LogP contribution in [0.5, 0.6) is 5.75 Å². The van der Waals surface area contributed by atoms with Crippen molar-refractivity contribution in [3.63, 3.8) is 0 Å². The maximum Gasteiger partial charge on any atom is 0.262 e. The average Bonchev–Trinajstić information content (AvgIpc) is 2.42. The summed E-state index contributed by atoms with van der Waals surface area (Å²) in [5.74, 6) is 0.301. The summed E-state index contributed by atoms with van der Waals surface area (Å²) >= 11 is 11.8. The quantitative estimate of drug-likeness (QED) is 0.752. The van der Waals surface area contributed by atoms with Gasteiger partial charge in [-0.05, 0) is 17.7 Å². The van der Waals surface area contributed by atoms with Crippen LogP contribution in [0.1, 0.15) is 5.56 Å². The highest BCUT2D eigenvalue weighted by Crippen LogP contribution is 2.35. The summed E-state index contributed by atoms with van der Waals surface area (Å²) in [5, 5.41) is 0.0931. The van der Waals surface area contributed by atoms with Crippen LogP contribution < -0.4 is 4.74 Å². The Bertz CT molecular complexity index is 736. The first kappa shape index (κ1) is 16.4. The molecule has 1 aromatic carbocycles. The molecule has 8 heteroatoms. The Kier molecular flexibility index (Phi) is 5.32. The molecule has 0 amide bonds. The summed E-state index contributed by atoms with van der Waals surface area (Å²) in [6, 6.07) is 6.27. The van der Waals surface area contributed by atoms with Gasteiger partial charge in [0.1, 0.15) is 10.6 Å². The summed E-state index contributed by atoms with van der Waals surface area (Å²) in [7, 11) is 1.31. The van der Waals surface area contributed by atoms with E-state index in [9.17, 15) is 8.42 Å². The topological polar surface area (TPSA) is 56.3 Å². The Morgan fingerprint density at radius 3 is 2.57 bits per heavy atom. The van der Waals surface area contributed by atoms with E-state index < -0.39 is 9.05 Å². The third kappa shape index (κ3) is 4.48. The minimum Gasteiger partial charge on any atom is -0.492 e. The highest BCUT2D eigenvalue weighted by atomic mass is 35.7.